The van der Waals surface area contributed by atoms with Gasteiger partial charge in [0.05, 0.1) is 36.8 Å². The Bertz CT molecular complexity index is 1570. The molecule has 0 bridgehead atoms. The molecule has 6 rings (SSSR count). The van der Waals surface area contributed by atoms with Crippen molar-refractivity contribution in [3.05, 3.63) is 66.7 Å². The van der Waals surface area contributed by atoms with Crippen LogP contribution in [0.5, 0.6) is 11.5 Å². The second-order valence-electron chi connectivity index (χ2n) is 11.9. The van der Waals surface area contributed by atoms with Gasteiger partial charge in [0.2, 0.25) is 11.8 Å². The van der Waals surface area contributed by atoms with Crippen LogP contribution in [0.2, 0.25) is 0 Å². The lowest BCUT2D eigenvalue weighted by Crippen LogP contribution is -2.50. The fourth-order valence-electron chi connectivity index (χ4n) is 6.52. The van der Waals surface area contributed by atoms with Crippen LogP contribution >= 0.6 is 0 Å². The van der Waals surface area contributed by atoms with Crippen molar-refractivity contribution in [3.63, 3.8) is 0 Å². The monoisotopic (exact) mass is 597 g/mol. The van der Waals surface area contributed by atoms with Gasteiger partial charge >= 0.3 is 5.97 Å². The van der Waals surface area contributed by atoms with Crippen molar-refractivity contribution < 1.29 is 28.6 Å². The number of carbonyl (C=O) groups excluding carboxylic acids is 3. The van der Waals surface area contributed by atoms with Crippen LogP contribution in [0.3, 0.4) is 0 Å². The molecule has 9 heteroatoms. The van der Waals surface area contributed by atoms with Gasteiger partial charge in [0.15, 0.2) is 0 Å². The minimum absolute atomic E-state index is 0.120. The Morgan fingerprint density at radius 1 is 1.02 bits per heavy atom. The molecular weight excluding hydrogens is 558 g/mol. The van der Waals surface area contributed by atoms with E-state index in [2.05, 4.69) is 16.7 Å². The average Bonchev–Trinajstić information content (AvgIpc) is 3.57. The minimum Gasteiger partial charge on any atom is -0.497 e. The van der Waals surface area contributed by atoms with Gasteiger partial charge in [-0.05, 0) is 57.6 Å². The number of esters is 1. The van der Waals surface area contributed by atoms with Crippen molar-refractivity contribution >= 4 is 28.7 Å². The molecule has 1 aliphatic heterocycles. The van der Waals surface area contributed by atoms with Crippen LogP contribution in [-0.2, 0) is 19.1 Å². The van der Waals surface area contributed by atoms with Crippen LogP contribution in [0.4, 0.5) is 0 Å². The summed E-state index contributed by atoms with van der Waals surface area (Å²) in [6, 6.07) is 17.4. The first kappa shape index (κ1) is 29.7. The first-order chi connectivity index (χ1) is 21.4. The normalized spacial score (nSPS) is 27.6. The molecule has 2 heterocycles. The molecule has 2 fully saturated rings. The third kappa shape index (κ3) is 6.00. The lowest BCUT2D eigenvalue weighted by molar-refractivity contribution is -0.150. The highest BCUT2D eigenvalue weighted by Gasteiger charge is 2.62. The van der Waals surface area contributed by atoms with Crippen molar-refractivity contribution in [2.45, 2.75) is 57.1 Å². The molecule has 2 aliphatic carbocycles. The van der Waals surface area contributed by atoms with E-state index in [1.54, 1.807) is 14.0 Å². The predicted octanol–water partition coefficient (Wildman–Crippen LogP) is 4.98. The van der Waals surface area contributed by atoms with Crippen molar-refractivity contribution in [1.29, 1.82) is 0 Å². The zero-order valence-corrected chi connectivity index (χ0v) is 25.2. The van der Waals surface area contributed by atoms with Crippen LogP contribution in [0, 0.1) is 17.8 Å². The maximum Gasteiger partial charge on any atom is 0.332 e. The number of hydrogen-bond acceptors (Lipinski definition) is 7. The summed E-state index contributed by atoms with van der Waals surface area (Å²) in [5.41, 5.74) is 1.32. The minimum atomic E-state index is -1.08. The van der Waals surface area contributed by atoms with E-state index in [4.69, 9.17) is 19.2 Å². The van der Waals surface area contributed by atoms with E-state index in [-0.39, 0.29) is 24.3 Å². The summed E-state index contributed by atoms with van der Waals surface area (Å²) in [6.45, 7) is 2.54. The number of benzene rings is 2. The number of aromatic nitrogens is 1. The molecule has 9 nitrogen and oxygen atoms in total. The molecule has 0 saturated heterocycles. The second kappa shape index (κ2) is 12.7. The van der Waals surface area contributed by atoms with Crippen LogP contribution < -0.4 is 20.1 Å². The number of fused-ring (bicyclic) bond motifs is 3. The summed E-state index contributed by atoms with van der Waals surface area (Å²) in [6.07, 6.45) is 7.49. The van der Waals surface area contributed by atoms with Crippen LogP contribution in [-0.4, -0.2) is 54.7 Å². The Morgan fingerprint density at radius 3 is 2.59 bits per heavy atom. The van der Waals surface area contributed by atoms with Gasteiger partial charge in [-0.3, -0.25) is 9.59 Å². The third-order valence-electron chi connectivity index (χ3n) is 9.00. The Labute approximate surface area is 257 Å². The number of carbonyl (C=O) groups is 3. The number of rotatable bonds is 6. The average molecular weight is 598 g/mol. The lowest BCUT2D eigenvalue weighted by atomic mass is 9.93. The molecule has 5 unspecified atom stereocenters. The van der Waals surface area contributed by atoms with Crippen LogP contribution in [0.15, 0.2) is 66.7 Å². The quantitative estimate of drug-likeness (QED) is 0.304. The number of hydrogen-bond donors (Lipinski definition) is 2. The van der Waals surface area contributed by atoms with Crippen molar-refractivity contribution in [1.82, 2.24) is 15.6 Å². The summed E-state index contributed by atoms with van der Waals surface area (Å²) in [4.78, 5) is 45.3. The standard InChI is InChI=1S/C35H39N3O6/c1-3-43-34(41)35-21-23(35)13-9-4-5-10-16-36-32(39)27-17-25(18-28(27)33(40)38-35)44-31-20-29(22-11-7-6-8-12-22)37-30-19-24(42-2)14-15-26(30)31/h6-9,11-15,19-20,23,25,27-28H,3-5,10,16-18,21H2,1-2H3,(H,36,39)(H,38,40)/b13-9+. The van der Waals surface area contributed by atoms with E-state index >= 15 is 0 Å². The maximum absolute atomic E-state index is 13.9. The number of methoxy groups -OCH3 is 1. The Balaban J connectivity index is 1.30. The van der Waals surface area contributed by atoms with Gasteiger partial charge in [-0.2, -0.15) is 0 Å². The van der Waals surface area contributed by atoms with Crippen LogP contribution in [0.1, 0.15) is 45.4 Å². The fourth-order valence-corrected chi connectivity index (χ4v) is 6.52. The van der Waals surface area contributed by atoms with Crippen LogP contribution in [0.25, 0.3) is 22.2 Å². The number of allylic oxidation sites excluding steroid dienone is 1. The Hall–Kier alpha value is -4.40. The van der Waals surface area contributed by atoms with Crippen molar-refractivity contribution in [2.24, 2.45) is 17.8 Å². The van der Waals surface area contributed by atoms with Gasteiger partial charge in [0.1, 0.15) is 23.1 Å². The van der Waals surface area contributed by atoms with Gasteiger partial charge in [-0.1, -0.05) is 42.5 Å². The summed E-state index contributed by atoms with van der Waals surface area (Å²) in [5, 5.41) is 6.89. The fraction of sp³-hybridized carbons (Fsp3) is 0.429. The molecule has 2 N–H and O–H groups in total. The Morgan fingerprint density at radius 2 is 1.82 bits per heavy atom. The molecule has 2 aromatic carbocycles. The second-order valence-corrected chi connectivity index (χ2v) is 11.9. The number of pyridine rings is 1. The van der Waals surface area contributed by atoms with Gasteiger partial charge in [0, 0.05) is 35.5 Å². The molecule has 230 valence electrons. The first-order valence-corrected chi connectivity index (χ1v) is 15.6. The zero-order valence-electron chi connectivity index (χ0n) is 25.2. The molecule has 0 spiro atoms. The topological polar surface area (TPSA) is 116 Å². The van der Waals surface area contributed by atoms with E-state index in [0.717, 1.165) is 41.4 Å². The van der Waals surface area contributed by atoms with Crippen molar-refractivity contribution in [3.8, 4) is 22.8 Å². The van der Waals surface area contributed by atoms with E-state index in [0.29, 0.717) is 37.3 Å². The maximum atomic E-state index is 13.9. The van der Waals surface area contributed by atoms with Gasteiger partial charge in [-0.15, -0.1) is 0 Å². The molecule has 2 amide bonds. The van der Waals surface area contributed by atoms with Gasteiger partial charge in [-0.25, -0.2) is 9.78 Å². The SMILES string of the molecule is CCOC(=O)C12CC1/C=C/CCCCNC(=O)C1CC(Oc3cc(-c4ccccc4)nc4cc(OC)ccc34)CC1C(=O)N2. The highest BCUT2D eigenvalue weighted by atomic mass is 16.5. The number of amides is 2. The Kier molecular flexibility index (Phi) is 8.55. The molecule has 3 aromatic rings. The van der Waals surface area contributed by atoms with Gasteiger partial charge < -0.3 is 24.8 Å². The summed E-state index contributed by atoms with van der Waals surface area (Å²) >= 11 is 0. The molecule has 1 aromatic heterocycles. The van der Waals surface area contributed by atoms with E-state index in [9.17, 15) is 14.4 Å². The number of nitrogens with one attached hydrogen (secondary N) is 2. The van der Waals surface area contributed by atoms with Gasteiger partial charge in [0.25, 0.3) is 0 Å². The zero-order chi connectivity index (χ0) is 30.7. The summed E-state index contributed by atoms with van der Waals surface area (Å²) < 4.78 is 17.5. The van der Waals surface area contributed by atoms with E-state index in [1.807, 2.05) is 60.7 Å². The highest BCUT2D eigenvalue weighted by molar-refractivity contribution is 5.95. The summed E-state index contributed by atoms with van der Waals surface area (Å²) in [7, 11) is 1.62. The smallest absolute Gasteiger partial charge is 0.332 e. The largest absolute Gasteiger partial charge is 0.497 e. The summed E-state index contributed by atoms with van der Waals surface area (Å²) in [5.74, 6) is -0.939. The van der Waals surface area contributed by atoms with E-state index < -0.39 is 29.4 Å². The third-order valence-corrected chi connectivity index (χ3v) is 9.00. The molecule has 2 saturated carbocycles. The molecule has 5 atom stereocenters. The molecule has 3 aliphatic rings. The molecular formula is C35H39N3O6. The highest BCUT2D eigenvalue weighted by Crippen LogP contribution is 2.47. The first-order valence-electron chi connectivity index (χ1n) is 15.6. The predicted molar refractivity (Wildman–Crippen MR) is 166 cm³/mol. The van der Waals surface area contributed by atoms with E-state index in [1.165, 1.54) is 0 Å². The van der Waals surface area contributed by atoms with Crippen molar-refractivity contribution in [2.75, 3.05) is 20.3 Å². The molecule has 44 heavy (non-hydrogen) atoms. The lowest BCUT2D eigenvalue weighted by Gasteiger charge is -2.23. The number of nitrogens with zero attached hydrogens (tertiary/aromatic N) is 1. The molecule has 0 radical (unpaired) electrons. The number of ether oxygens (including phenoxy) is 3.